The van der Waals surface area contributed by atoms with E-state index in [2.05, 4.69) is 5.32 Å². The molecule has 4 nitrogen and oxygen atoms in total. The number of anilines is 1. The van der Waals surface area contributed by atoms with Crippen molar-refractivity contribution in [2.45, 2.75) is 26.9 Å². The first-order chi connectivity index (χ1) is 13.0. The van der Waals surface area contributed by atoms with Gasteiger partial charge >= 0.3 is 0 Å². The molecular weight excluding hydrogens is 338 g/mol. The molecule has 0 saturated carbocycles. The summed E-state index contributed by atoms with van der Waals surface area (Å²) in [6.45, 7) is 5.75. The Morgan fingerprint density at radius 3 is 2.07 bits per heavy atom. The van der Waals surface area contributed by atoms with Crippen molar-refractivity contribution in [1.82, 2.24) is 0 Å². The zero-order valence-electron chi connectivity index (χ0n) is 15.7. The van der Waals surface area contributed by atoms with Crippen molar-refractivity contribution in [3.8, 4) is 17.2 Å². The quantitative estimate of drug-likeness (QED) is 0.630. The summed E-state index contributed by atoms with van der Waals surface area (Å²) < 4.78 is 11.5. The smallest absolute Gasteiger partial charge is 0.265 e. The zero-order chi connectivity index (χ0) is 19.2. The normalized spacial score (nSPS) is 11.5. The van der Waals surface area contributed by atoms with Crippen molar-refractivity contribution >= 4 is 11.6 Å². The second-order valence-electron chi connectivity index (χ2n) is 6.51. The average Bonchev–Trinajstić information content (AvgIpc) is 2.65. The van der Waals surface area contributed by atoms with Gasteiger partial charge in [-0.15, -0.1) is 0 Å². The predicted octanol–water partition coefficient (Wildman–Crippen LogP) is 5.50. The van der Waals surface area contributed by atoms with Crippen LogP contribution in [0.5, 0.6) is 17.2 Å². The van der Waals surface area contributed by atoms with Crippen LogP contribution in [0.25, 0.3) is 0 Å². The first-order valence-electron chi connectivity index (χ1n) is 8.88. The lowest BCUT2D eigenvalue weighted by Gasteiger charge is -2.15. The molecule has 0 aromatic heterocycles. The molecule has 0 aliphatic heterocycles. The number of aryl methyl sites for hydroxylation is 2. The van der Waals surface area contributed by atoms with E-state index in [-0.39, 0.29) is 5.91 Å². The van der Waals surface area contributed by atoms with Crippen LogP contribution in [0, 0.1) is 13.8 Å². The Labute approximate surface area is 159 Å². The van der Waals surface area contributed by atoms with Crippen LogP contribution in [-0.4, -0.2) is 12.0 Å². The summed E-state index contributed by atoms with van der Waals surface area (Å²) in [5.74, 6) is 1.96. The van der Waals surface area contributed by atoms with Gasteiger partial charge in [-0.2, -0.15) is 0 Å². The summed E-state index contributed by atoms with van der Waals surface area (Å²) in [6, 6.07) is 22.7. The maximum Gasteiger partial charge on any atom is 0.265 e. The Hall–Kier alpha value is -3.27. The van der Waals surface area contributed by atoms with Gasteiger partial charge < -0.3 is 14.8 Å². The number of ether oxygens (including phenoxy) is 2. The fourth-order valence-corrected chi connectivity index (χ4v) is 2.54. The number of rotatable bonds is 6. The molecule has 1 N–H and O–H groups in total. The molecule has 3 rings (SSSR count). The van der Waals surface area contributed by atoms with Crippen molar-refractivity contribution in [2.24, 2.45) is 0 Å². The highest BCUT2D eigenvalue weighted by Crippen LogP contribution is 2.23. The van der Waals surface area contributed by atoms with Crippen molar-refractivity contribution in [1.29, 1.82) is 0 Å². The molecule has 0 fully saturated rings. The highest BCUT2D eigenvalue weighted by Gasteiger charge is 2.15. The van der Waals surface area contributed by atoms with Gasteiger partial charge in [0.05, 0.1) is 0 Å². The number of carbonyl (C=O) groups excluding carboxylic acids is 1. The van der Waals surface area contributed by atoms with Gasteiger partial charge in [0.25, 0.3) is 5.91 Å². The van der Waals surface area contributed by atoms with Gasteiger partial charge in [0, 0.05) is 5.69 Å². The minimum absolute atomic E-state index is 0.205. The van der Waals surface area contributed by atoms with Gasteiger partial charge in [-0.05, 0) is 74.9 Å². The standard InChI is InChI=1S/C23H23NO3/c1-16-7-11-20(12-8-16)27-21-13-9-19(10-14-21)24-23(25)18(3)26-22-6-4-5-17(2)15-22/h4-15,18H,1-3H3,(H,24,25)/t18-/m0/s1. The van der Waals surface area contributed by atoms with Crippen molar-refractivity contribution in [3.05, 3.63) is 83.9 Å². The Morgan fingerprint density at radius 2 is 1.44 bits per heavy atom. The van der Waals surface area contributed by atoms with E-state index in [4.69, 9.17) is 9.47 Å². The minimum Gasteiger partial charge on any atom is -0.481 e. The highest BCUT2D eigenvalue weighted by atomic mass is 16.5. The first-order valence-corrected chi connectivity index (χ1v) is 8.88. The molecule has 0 saturated heterocycles. The van der Waals surface area contributed by atoms with E-state index in [0.29, 0.717) is 17.2 Å². The van der Waals surface area contributed by atoms with E-state index >= 15 is 0 Å². The summed E-state index contributed by atoms with van der Waals surface area (Å²) in [6.07, 6.45) is -0.602. The topological polar surface area (TPSA) is 47.6 Å². The molecular formula is C23H23NO3. The molecule has 0 heterocycles. The highest BCUT2D eigenvalue weighted by molar-refractivity contribution is 5.94. The van der Waals surface area contributed by atoms with Crippen LogP contribution in [0.4, 0.5) is 5.69 Å². The summed E-state index contributed by atoms with van der Waals surface area (Å²) in [5, 5.41) is 2.86. The van der Waals surface area contributed by atoms with Crippen LogP contribution >= 0.6 is 0 Å². The molecule has 27 heavy (non-hydrogen) atoms. The van der Waals surface area contributed by atoms with Crippen LogP contribution in [0.15, 0.2) is 72.8 Å². The fraction of sp³-hybridized carbons (Fsp3) is 0.174. The molecule has 0 aliphatic rings. The lowest BCUT2D eigenvalue weighted by atomic mass is 10.2. The third-order valence-corrected chi connectivity index (χ3v) is 4.05. The van der Waals surface area contributed by atoms with Crippen LogP contribution < -0.4 is 14.8 Å². The van der Waals surface area contributed by atoms with Crippen molar-refractivity contribution in [3.63, 3.8) is 0 Å². The van der Waals surface area contributed by atoms with Gasteiger partial charge in [0.1, 0.15) is 17.2 Å². The summed E-state index contributed by atoms with van der Waals surface area (Å²) >= 11 is 0. The molecule has 0 unspecified atom stereocenters. The maximum atomic E-state index is 12.3. The molecule has 3 aromatic rings. The lowest BCUT2D eigenvalue weighted by Crippen LogP contribution is -2.30. The number of carbonyl (C=O) groups is 1. The molecule has 1 amide bonds. The predicted molar refractivity (Wildman–Crippen MR) is 108 cm³/mol. The molecule has 3 aromatic carbocycles. The maximum absolute atomic E-state index is 12.3. The number of nitrogens with one attached hydrogen (secondary N) is 1. The monoisotopic (exact) mass is 361 g/mol. The Bertz CT molecular complexity index is 902. The second kappa shape index (κ2) is 8.41. The Morgan fingerprint density at radius 1 is 0.815 bits per heavy atom. The molecule has 1 atom stereocenters. The molecule has 0 aliphatic carbocycles. The molecule has 4 heteroatoms. The van der Waals surface area contributed by atoms with E-state index in [1.807, 2.05) is 74.5 Å². The average molecular weight is 361 g/mol. The second-order valence-corrected chi connectivity index (χ2v) is 6.51. The molecule has 0 bridgehead atoms. The largest absolute Gasteiger partial charge is 0.481 e. The van der Waals surface area contributed by atoms with Crippen LogP contribution in [0.1, 0.15) is 18.1 Å². The van der Waals surface area contributed by atoms with Crippen LogP contribution in [0.2, 0.25) is 0 Å². The molecule has 0 spiro atoms. The third kappa shape index (κ3) is 5.35. The number of benzene rings is 3. The van der Waals surface area contributed by atoms with Gasteiger partial charge in [0.2, 0.25) is 0 Å². The van der Waals surface area contributed by atoms with Crippen molar-refractivity contribution in [2.75, 3.05) is 5.32 Å². The van der Waals surface area contributed by atoms with E-state index in [0.717, 1.165) is 11.3 Å². The Kier molecular flexibility index (Phi) is 5.77. The molecule has 138 valence electrons. The van der Waals surface area contributed by atoms with Crippen molar-refractivity contribution < 1.29 is 14.3 Å². The first kappa shape index (κ1) is 18.5. The van der Waals surface area contributed by atoms with Crippen LogP contribution in [-0.2, 0) is 4.79 Å². The summed E-state index contributed by atoms with van der Waals surface area (Å²) in [7, 11) is 0. The van der Waals surface area contributed by atoms with E-state index < -0.39 is 6.10 Å². The van der Waals surface area contributed by atoms with Gasteiger partial charge in [-0.1, -0.05) is 29.8 Å². The van der Waals surface area contributed by atoms with E-state index in [1.54, 1.807) is 19.1 Å². The summed E-state index contributed by atoms with van der Waals surface area (Å²) in [5.41, 5.74) is 2.96. The van der Waals surface area contributed by atoms with Crippen LogP contribution in [0.3, 0.4) is 0 Å². The number of amides is 1. The van der Waals surface area contributed by atoms with Gasteiger partial charge in [-0.25, -0.2) is 0 Å². The Balaban J connectivity index is 1.56. The summed E-state index contributed by atoms with van der Waals surface area (Å²) in [4.78, 5) is 12.3. The van der Waals surface area contributed by atoms with Gasteiger partial charge in [-0.3, -0.25) is 4.79 Å². The third-order valence-electron chi connectivity index (χ3n) is 4.05. The zero-order valence-corrected chi connectivity index (χ0v) is 15.7. The SMILES string of the molecule is Cc1ccc(Oc2ccc(NC(=O)[C@H](C)Oc3cccc(C)c3)cc2)cc1. The lowest BCUT2D eigenvalue weighted by molar-refractivity contribution is -0.122. The number of hydrogen-bond acceptors (Lipinski definition) is 3. The van der Waals surface area contributed by atoms with E-state index in [1.165, 1.54) is 5.56 Å². The minimum atomic E-state index is -0.602. The number of hydrogen-bond donors (Lipinski definition) is 1. The van der Waals surface area contributed by atoms with Gasteiger partial charge in [0.15, 0.2) is 6.10 Å². The molecule has 0 radical (unpaired) electrons. The van der Waals surface area contributed by atoms with E-state index in [9.17, 15) is 4.79 Å². The fourth-order valence-electron chi connectivity index (χ4n) is 2.54.